The first-order valence-electron chi connectivity index (χ1n) is 6.60. The van der Waals surface area contributed by atoms with Gasteiger partial charge in [-0.25, -0.2) is 4.98 Å². The van der Waals surface area contributed by atoms with Gasteiger partial charge in [0.1, 0.15) is 5.82 Å². The monoisotopic (exact) mass is 311 g/mol. The number of aliphatic carboxylic acids is 1. The molecule has 0 spiro atoms. The highest BCUT2D eigenvalue weighted by atomic mass is 35.5. The van der Waals surface area contributed by atoms with Crippen molar-refractivity contribution in [3.05, 3.63) is 22.8 Å². The molecule has 1 aliphatic heterocycles. The summed E-state index contributed by atoms with van der Waals surface area (Å²) >= 11 is 6.21. The summed E-state index contributed by atoms with van der Waals surface area (Å²) in [4.78, 5) is 30.7. The Bertz CT molecular complexity index is 591. The first kappa shape index (κ1) is 15.6. The second kappa shape index (κ2) is 5.52. The summed E-state index contributed by atoms with van der Waals surface area (Å²) in [6, 6.07) is 1.57. The van der Waals surface area contributed by atoms with Crippen LogP contribution in [0.2, 0.25) is 5.02 Å². The van der Waals surface area contributed by atoms with Crippen LogP contribution in [0.25, 0.3) is 0 Å². The van der Waals surface area contributed by atoms with Gasteiger partial charge in [-0.1, -0.05) is 11.6 Å². The zero-order valence-electron chi connectivity index (χ0n) is 12.3. The molecule has 0 bridgehead atoms. The lowest BCUT2D eigenvalue weighted by atomic mass is 9.90. The van der Waals surface area contributed by atoms with Gasteiger partial charge < -0.3 is 14.9 Å². The number of amides is 1. The molecule has 1 atom stereocenters. The highest BCUT2D eigenvalue weighted by Gasteiger charge is 2.41. The standard InChI is InChI=1S/C14H18ClN3O3/c1-14(13(20)21)4-5-18(8-14)11-10(15)6-9(7-16-11)12(19)17(2)3/h6-7H,4-5,8H2,1-3H3,(H,20,21). The van der Waals surface area contributed by atoms with Crippen LogP contribution in [0.5, 0.6) is 0 Å². The number of carbonyl (C=O) groups is 2. The van der Waals surface area contributed by atoms with Gasteiger partial charge in [-0.05, 0) is 19.4 Å². The van der Waals surface area contributed by atoms with E-state index in [0.717, 1.165) is 0 Å². The SMILES string of the molecule is CN(C)C(=O)c1cnc(N2CCC(C)(C(=O)O)C2)c(Cl)c1. The topological polar surface area (TPSA) is 73.7 Å². The Balaban J connectivity index is 2.23. The maximum atomic E-state index is 11.9. The molecule has 2 heterocycles. The molecule has 0 radical (unpaired) electrons. The van der Waals surface area contributed by atoms with Crippen LogP contribution in [0.4, 0.5) is 5.82 Å². The van der Waals surface area contributed by atoms with Gasteiger partial charge >= 0.3 is 5.97 Å². The van der Waals surface area contributed by atoms with E-state index in [0.29, 0.717) is 35.9 Å². The maximum Gasteiger partial charge on any atom is 0.311 e. The van der Waals surface area contributed by atoms with Crippen LogP contribution in [-0.4, -0.2) is 54.1 Å². The number of rotatable bonds is 3. The van der Waals surface area contributed by atoms with Crippen molar-refractivity contribution < 1.29 is 14.7 Å². The van der Waals surface area contributed by atoms with Gasteiger partial charge in [0.15, 0.2) is 0 Å². The number of carbonyl (C=O) groups excluding carboxylic acids is 1. The van der Waals surface area contributed by atoms with Crippen LogP contribution in [-0.2, 0) is 4.79 Å². The fourth-order valence-electron chi connectivity index (χ4n) is 2.35. The second-order valence-electron chi connectivity index (χ2n) is 5.77. The lowest BCUT2D eigenvalue weighted by Gasteiger charge is -2.22. The molecule has 0 saturated carbocycles. The Hall–Kier alpha value is -1.82. The Morgan fingerprint density at radius 3 is 2.62 bits per heavy atom. The number of carboxylic acid groups (broad SMARTS) is 1. The number of hydrogen-bond acceptors (Lipinski definition) is 4. The Morgan fingerprint density at radius 1 is 1.48 bits per heavy atom. The molecule has 1 saturated heterocycles. The fourth-order valence-corrected chi connectivity index (χ4v) is 2.64. The molecule has 1 aromatic rings. The van der Waals surface area contributed by atoms with E-state index in [9.17, 15) is 14.7 Å². The fraction of sp³-hybridized carbons (Fsp3) is 0.500. The van der Waals surface area contributed by atoms with E-state index >= 15 is 0 Å². The van der Waals surface area contributed by atoms with Crippen molar-refractivity contribution in [3.63, 3.8) is 0 Å². The van der Waals surface area contributed by atoms with Crippen molar-refractivity contribution in [1.29, 1.82) is 0 Å². The van der Waals surface area contributed by atoms with Crippen LogP contribution in [0, 0.1) is 5.41 Å². The average Bonchev–Trinajstić information content (AvgIpc) is 2.81. The van der Waals surface area contributed by atoms with E-state index < -0.39 is 11.4 Å². The van der Waals surface area contributed by atoms with E-state index in [2.05, 4.69) is 4.98 Å². The zero-order valence-corrected chi connectivity index (χ0v) is 13.0. The Kier molecular flexibility index (Phi) is 4.09. The van der Waals surface area contributed by atoms with E-state index in [4.69, 9.17) is 11.6 Å². The molecule has 1 aromatic heterocycles. The summed E-state index contributed by atoms with van der Waals surface area (Å²) in [5.74, 6) is -0.467. The molecule has 2 rings (SSSR count). The lowest BCUT2D eigenvalue weighted by molar-refractivity contribution is -0.146. The van der Waals surface area contributed by atoms with Gasteiger partial charge in [0, 0.05) is 33.4 Å². The molecular formula is C14H18ClN3O3. The van der Waals surface area contributed by atoms with Crippen LogP contribution in [0.15, 0.2) is 12.3 Å². The number of anilines is 1. The molecule has 0 aliphatic carbocycles. The van der Waals surface area contributed by atoms with Gasteiger partial charge in [-0.2, -0.15) is 0 Å². The molecule has 7 heteroatoms. The van der Waals surface area contributed by atoms with E-state index in [-0.39, 0.29) is 5.91 Å². The maximum absolute atomic E-state index is 11.9. The number of nitrogens with zero attached hydrogens (tertiary/aromatic N) is 3. The molecular weight excluding hydrogens is 294 g/mol. The van der Waals surface area contributed by atoms with Gasteiger partial charge in [-0.15, -0.1) is 0 Å². The largest absolute Gasteiger partial charge is 0.481 e. The molecule has 1 N–H and O–H groups in total. The minimum Gasteiger partial charge on any atom is -0.481 e. The van der Waals surface area contributed by atoms with Gasteiger partial charge in [0.2, 0.25) is 0 Å². The quantitative estimate of drug-likeness (QED) is 0.920. The minimum atomic E-state index is -0.819. The summed E-state index contributed by atoms with van der Waals surface area (Å²) in [7, 11) is 3.31. The molecule has 0 aromatic carbocycles. The number of pyridine rings is 1. The third-order valence-corrected chi connectivity index (χ3v) is 4.04. The molecule has 1 fully saturated rings. The van der Waals surface area contributed by atoms with Crippen molar-refractivity contribution >= 4 is 29.3 Å². The Labute approximate surface area is 128 Å². The molecule has 6 nitrogen and oxygen atoms in total. The smallest absolute Gasteiger partial charge is 0.311 e. The number of aromatic nitrogens is 1. The van der Waals surface area contributed by atoms with Crippen molar-refractivity contribution in [2.75, 3.05) is 32.1 Å². The summed E-state index contributed by atoms with van der Waals surface area (Å²) in [6.07, 6.45) is 2.01. The average molecular weight is 312 g/mol. The van der Waals surface area contributed by atoms with Gasteiger partial charge in [0.05, 0.1) is 16.0 Å². The van der Waals surface area contributed by atoms with E-state index in [1.807, 2.05) is 4.90 Å². The van der Waals surface area contributed by atoms with Gasteiger partial charge in [-0.3, -0.25) is 9.59 Å². The highest BCUT2D eigenvalue weighted by Crippen LogP contribution is 2.35. The van der Waals surface area contributed by atoms with E-state index in [1.54, 1.807) is 27.1 Å². The van der Waals surface area contributed by atoms with Crippen LogP contribution < -0.4 is 4.90 Å². The molecule has 1 aliphatic rings. The summed E-state index contributed by atoms with van der Waals surface area (Å²) in [5, 5.41) is 9.61. The molecule has 1 amide bonds. The lowest BCUT2D eigenvalue weighted by Crippen LogP contribution is -2.32. The predicted molar refractivity (Wildman–Crippen MR) is 79.8 cm³/mol. The molecule has 1 unspecified atom stereocenters. The number of halogens is 1. The Morgan fingerprint density at radius 2 is 2.14 bits per heavy atom. The minimum absolute atomic E-state index is 0.173. The van der Waals surface area contributed by atoms with E-state index in [1.165, 1.54) is 11.1 Å². The zero-order chi connectivity index (χ0) is 15.8. The number of carboxylic acids is 1. The normalized spacial score (nSPS) is 21.4. The highest BCUT2D eigenvalue weighted by molar-refractivity contribution is 6.33. The summed E-state index contributed by atoms with van der Waals surface area (Å²) < 4.78 is 0. The first-order valence-corrected chi connectivity index (χ1v) is 6.98. The number of hydrogen-bond donors (Lipinski definition) is 1. The van der Waals surface area contributed by atoms with Crippen LogP contribution in [0.1, 0.15) is 23.7 Å². The molecule has 21 heavy (non-hydrogen) atoms. The van der Waals surface area contributed by atoms with Crippen molar-refractivity contribution in [2.24, 2.45) is 5.41 Å². The van der Waals surface area contributed by atoms with Crippen molar-refractivity contribution in [3.8, 4) is 0 Å². The predicted octanol–water partition coefficient (Wildman–Crippen LogP) is 1.74. The van der Waals surface area contributed by atoms with Crippen molar-refractivity contribution in [2.45, 2.75) is 13.3 Å². The third-order valence-electron chi connectivity index (χ3n) is 3.76. The first-order chi connectivity index (χ1) is 9.74. The molecule has 114 valence electrons. The van der Waals surface area contributed by atoms with Crippen LogP contribution >= 0.6 is 11.6 Å². The second-order valence-corrected chi connectivity index (χ2v) is 6.17. The third kappa shape index (κ3) is 2.95. The van der Waals surface area contributed by atoms with Gasteiger partial charge in [0.25, 0.3) is 5.91 Å². The summed E-state index contributed by atoms with van der Waals surface area (Å²) in [6.45, 7) is 2.65. The van der Waals surface area contributed by atoms with Crippen LogP contribution in [0.3, 0.4) is 0 Å². The van der Waals surface area contributed by atoms with Crippen molar-refractivity contribution in [1.82, 2.24) is 9.88 Å². The summed E-state index contributed by atoms with van der Waals surface area (Å²) in [5.41, 5.74) is -0.377.